The van der Waals surface area contributed by atoms with Crippen LogP contribution in [0.2, 0.25) is 0 Å². The topological polar surface area (TPSA) is 132 Å². The molecular formula is C13H13NO7. The molecule has 1 aromatic heterocycles. The SMILES string of the molecule is O=C(O)COn1c(O)cc(Cc2ccc(O)cc2O)c1O. The molecular weight excluding hydrogens is 282 g/mol. The Morgan fingerprint density at radius 3 is 2.43 bits per heavy atom. The number of nitrogens with zero attached hydrogens (tertiary/aromatic N) is 1. The van der Waals surface area contributed by atoms with E-state index in [1.165, 1.54) is 18.2 Å². The van der Waals surface area contributed by atoms with Crippen LogP contribution in [0.5, 0.6) is 23.3 Å². The number of benzene rings is 1. The highest BCUT2D eigenvalue weighted by atomic mass is 16.7. The number of phenols is 2. The van der Waals surface area contributed by atoms with Crippen molar-refractivity contribution in [3.05, 3.63) is 35.4 Å². The lowest BCUT2D eigenvalue weighted by atomic mass is 10.1. The Kier molecular flexibility index (Phi) is 3.79. The number of hydrogen-bond donors (Lipinski definition) is 5. The molecule has 0 spiro atoms. The summed E-state index contributed by atoms with van der Waals surface area (Å²) in [5, 5.41) is 46.9. The minimum absolute atomic E-state index is 0.0505. The van der Waals surface area contributed by atoms with Crippen molar-refractivity contribution < 1.29 is 35.2 Å². The number of aromatic nitrogens is 1. The van der Waals surface area contributed by atoms with Crippen LogP contribution in [0.15, 0.2) is 24.3 Å². The van der Waals surface area contributed by atoms with Gasteiger partial charge in [0.2, 0.25) is 18.4 Å². The molecule has 8 nitrogen and oxygen atoms in total. The first-order valence-electron chi connectivity index (χ1n) is 5.87. The molecule has 0 amide bonds. The van der Waals surface area contributed by atoms with Crippen LogP contribution in [0.25, 0.3) is 0 Å². The van der Waals surface area contributed by atoms with Gasteiger partial charge in [0.05, 0.1) is 0 Å². The average molecular weight is 295 g/mol. The van der Waals surface area contributed by atoms with Gasteiger partial charge < -0.3 is 30.4 Å². The highest BCUT2D eigenvalue weighted by Crippen LogP contribution is 2.31. The van der Waals surface area contributed by atoms with Crippen LogP contribution in [0.3, 0.4) is 0 Å². The third-order valence-corrected chi connectivity index (χ3v) is 2.76. The van der Waals surface area contributed by atoms with Crippen LogP contribution in [0.4, 0.5) is 0 Å². The Hall–Kier alpha value is -3.03. The van der Waals surface area contributed by atoms with E-state index in [1.807, 2.05) is 0 Å². The number of aliphatic carboxylic acids is 1. The van der Waals surface area contributed by atoms with Gasteiger partial charge in [-0.2, -0.15) is 0 Å². The van der Waals surface area contributed by atoms with E-state index in [2.05, 4.69) is 0 Å². The average Bonchev–Trinajstić information content (AvgIpc) is 2.65. The molecule has 8 heteroatoms. The van der Waals surface area contributed by atoms with E-state index >= 15 is 0 Å². The summed E-state index contributed by atoms with van der Waals surface area (Å²) in [6.07, 6.45) is 0.0505. The largest absolute Gasteiger partial charge is 0.508 e. The van der Waals surface area contributed by atoms with Crippen LogP contribution in [0.1, 0.15) is 11.1 Å². The van der Waals surface area contributed by atoms with Crippen molar-refractivity contribution in [2.45, 2.75) is 6.42 Å². The molecule has 0 bridgehead atoms. The lowest BCUT2D eigenvalue weighted by Crippen LogP contribution is -2.18. The zero-order chi connectivity index (χ0) is 15.6. The quantitative estimate of drug-likeness (QED) is 0.539. The molecule has 0 aliphatic rings. The van der Waals surface area contributed by atoms with Crippen LogP contribution in [0, 0.1) is 0 Å². The molecule has 112 valence electrons. The van der Waals surface area contributed by atoms with E-state index in [0.717, 1.165) is 6.07 Å². The minimum atomic E-state index is -1.26. The summed E-state index contributed by atoms with van der Waals surface area (Å²) >= 11 is 0. The third-order valence-electron chi connectivity index (χ3n) is 2.76. The zero-order valence-electron chi connectivity index (χ0n) is 10.7. The lowest BCUT2D eigenvalue weighted by molar-refractivity contribution is -0.142. The van der Waals surface area contributed by atoms with Gasteiger partial charge in [-0.05, 0) is 11.6 Å². The van der Waals surface area contributed by atoms with Crippen LogP contribution in [-0.4, -0.2) is 42.8 Å². The monoisotopic (exact) mass is 295 g/mol. The molecule has 0 unspecified atom stereocenters. The second-order valence-corrected chi connectivity index (χ2v) is 4.30. The standard InChI is InChI=1S/C13H13NO7/c15-9-2-1-7(10(16)5-9)3-8-4-11(17)14(13(8)20)21-6-12(18)19/h1-2,4-5,15-17,20H,3,6H2,(H,18,19). The number of phenolic OH excluding ortho intramolecular Hbond substituents is 2. The zero-order valence-corrected chi connectivity index (χ0v) is 10.7. The highest BCUT2D eigenvalue weighted by Gasteiger charge is 2.17. The summed E-state index contributed by atoms with van der Waals surface area (Å²) in [5.41, 5.74) is 0.623. The Bertz CT molecular complexity index is 677. The van der Waals surface area contributed by atoms with E-state index < -0.39 is 24.3 Å². The minimum Gasteiger partial charge on any atom is -0.508 e. The third kappa shape index (κ3) is 3.11. The molecule has 1 heterocycles. The first-order chi connectivity index (χ1) is 9.88. The molecule has 0 fully saturated rings. The number of carboxylic acids is 1. The van der Waals surface area contributed by atoms with Crippen molar-refractivity contribution in [2.75, 3.05) is 6.61 Å². The maximum Gasteiger partial charge on any atom is 0.344 e. The molecule has 5 N–H and O–H groups in total. The first kappa shape index (κ1) is 14.4. The van der Waals surface area contributed by atoms with Crippen LogP contribution >= 0.6 is 0 Å². The molecule has 0 radical (unpaired) electrons. The molecule has 1 aromatic carbocycles. The fraction of sp³-hybridized carbons (Fsp3) is 0.154. The van der Waals surface area contributed by atoms with Gasteiger partial charge in [-0.25, -0.2) is 4.79 Å². The van der Waals surface area contributed by atoms with E-state index in [9.17, 15) is 25.2 Å². The molecule has 2 aromatic rings. The summed E-state index contributed by atoms with van der Waals surface area (Å²) in [4.78, 5) is 15.1. The molecule has 0 atom stereocenters. The van der Waals surface area contributed by atoms with Gasteiger partial charge in [-0.1, -0.05) is 6.07 Å². The molecule has 21 heavy (non-hydrogen) atoms. The maximum atomic E-state index is 10.4. The van der Waals surface area contributed by atoms with Crippen molar-refractivity contribution >= 4 is 5.97 Å². The van der Waals surface area contributed by atoms with Crippen molar-refractivity contribution in [1.29, 1.82) is 0 Å². The summed E-state index contributed by atoms with van der Waals surface area (Å²) in [5.74, 6) is -2.48. The number of hydrogen-bond acceptors (Lipinski definition) is 6. The van der Waals surface area contributed by atoms with E-state index in [4.69, 9.17) is 9.94 Å². The number of rotatable bonds is 5. The molecule has 2 rings (SSSR count). The van der Waals surface area contributed by atoms with Gasteiger partial charge in [0.25, 0.3) is 0 Å². The Labute approximate surface area is 118 Å². The van der Waals surface area contributed by atoms with Crippen LogP contribution < -0.4 is 4.84 Å². The van der Waals surface area contributed by atoms with Crippen LogP contribution in [-0.2, 0) is 11.2 Å². The predicted molar refractivity (Wildman–Crippen MR) is 69.4 cm³/mol. The summed E-state index contributed by atoms with van der Waals surface area (Å²) in [7, 11) is 0. The second-order valence-electron chi connectivity index (χ2n) is 4.30. The fourth-order valence-corrected chi connectivity index (χ4v) is 1.80. The van der Waals surface area contributed by atoms with Crippen molar-refractivity contribution in [1.82, 2.24) is 4.73 Å². The molecule has 0 aliphatic heterocycles. The van der Waals surface area contributed by atoms with Crippen molar-refractivity contribution in [3.63, 3.8) is 0 Å². The maximum absolute atomic E-state index is 10.4. The van der Waals surface area contributed by atoms with Gasteiger partial charge in [0, 0.05) is 24.1 Å². The molecule has 0 saturated carbocycles. The highest BCUT2D eigenvalue weighted by molar-refractivity contribution is 5.68. The van der Waals surface area contributed by atoms with Gasteiger partial charge in [0.15, 0.2) is 0 Å². The summed E-state index contributed by atoms with van der Waals surface area (Å²) in [6.45, 7) is -0.736. The normalized spacial score (nSPS) is 10.5. The fourth-order valence-electron chi connectivity index (χ4n) is 1.80. The predicted octanol–water partition coefficient (Wildman–Crippen LogP) is 0.414. The second kappa shape index (κ2) is 5.53. The van der Waals surface area contributed by atoms with Gasteiger partial charge >= 0.3 is 5.97 Å². The van der Waals surface area contributed by atoms with Gasteiger partial charge in [-0.15, -0.1) is 4.73 Å². The number of carboxylic acid groups (broad SMARTS) is 1. The number of carbonyl (C=O) groups is 1. The van der Waals surface area contributed by atoms with Crippen molar-refractivity contribution in [2.24, 2.45) is 0 Å². The smallest absolute Gasteiger partial charge is 0.344 e. The Morgan fingerprint density at radius 2 is 1.81 bits per heavy atom. The Balaban J connectivity index is 2.24. The Morgan fingerprint density at radius 1 is 1.10 bits per heavy atom. The van der Waals surface area contributed by atoms with Crippen molar-refractivity contribution in [3.8, 4) is 23.3 Å². The van der Waals surface area contributed by atoms with E-state index in [-0.39, 0.29) is 23.5 Å². The summed E-state index contributed by atoms with van der Waals surface area (Å²) in [6, 6.07) is 5.15. The first-order valence-corrected chi connectivity index (χ1v) is 5.87. The van der Waals surface area contributed by atoms with Gasteiger partial charge in [0.1, 0.15) is 11.5 Å². The molecule has 0 aliphatic carbocycles. The number of aromatic hydroxyl groups is 4. The lowest BCUT2D eigenvalue weighted by Gasteiger charge is -2.07. The summed E-state index contributed by atoms with van der Waals surface area (Å²) < 4.78 is 0.584. The van der Waals surface area contributed by atoms with E-state index in [1.54, 1.807) is 0 Å². The molecule has 0 saturated heterocycles. The van der Waals surface area contributed by atoms with Gasteiger partial charge in [-0.3, -0.25) is 0 Å². The van der Waals surface area contributed by atoms with E-state index in [0.29, 0.717) is 10.3 Å².